The molecule has 0 unspecified atom stereocenters. The van der Waals surface area contributed by atoms with Gasteiger partial charge in [-0.1, -0.05) is 50.2 Å². The fourth-order valence-electron chi connectivity index (χ4n) is 2.34. The molecule has 2 N–H and O–H groups in total. The summed E-state index contributed by atoms with van der Waals surface area (Å²) in [5.74, 6) is -0.311. The Morgan fingerprint density at radius 2 is 1.70 bits per heavy atom. The standard InChI is InChI=1S/C19H22N2O2/c1-14(22)21-17-11-7-8-15(12-17)18(23)20-13-19(2,3)16-9-5-4-6-10-16/h4-12H,13H2,1-3H3,(H,20,23)(H,21,22). The van der Waals surface area contributed by atoms with Gasteiger partial charge in [-0.15, -0.1) is 0 Å². The zero-order valence-corrected chi connectivity index (χ0v) is 13.7. The van der Waals surface area contributed by atoms with E-state index < -0.39 is 0 Å². The van der Waals surface area contributed by atoms with Crippen molar-refractivity contribution in [1.82, 2.24) is 5.32 Å². The van der Waals surface area contributed by atoms with Crippen molar-refractivity contribution >= 4 is 17.5 Å². The predicted octanol–water partition coefficient (Wildman–Crippen LogP) is 3.35. The fraction of sp³-hybridized carbons (Fsp3) is 0.263. The molecule has 0 fully saturated rings. The summed E-state index contributed by atoms with van der Waals surface area (Å²) in [7, 11) is 0. The summed E-state index contributed by atoms with van der Waals surface area (Å²) in [6.07, 6.45) is 0. The first-order chi connectivity index (χ1) is 10.9. The summed E-state index contributed by atoms with van der Waals surface area (Å²) in [6, 6.07) is 17.0. The maximum absolute atomic E-state index is 12.3. The maximum Gasteiger partial charge on any atom is 0.251 e. The Bertz CT molecular complexity index is 694. The van der Waals surface area contributed by atoms with Gasteiger partial charge in [-0.2, -0.15) is 0 Å². The number of benzene rings is 2. The Kier molecular flexibility index (Phi) is 5.16. The van der Waals surface area contributed by atoms with Gasteiger partial charge in [0.05, 0.1) is 0 Å². The van der Waals surface area contributed by atoms with E-state index >= 15 is 0 Å². The first-order valence-electron chi connectivity index (χ1n) is 7.60. The third-order valence-corrected chi connectivity index (χ3v) is 3.69. The molecular weight excluding hydrogens is 288 g/mol. The molecule has 4 heteroatoms. The van der Waals surface area contributed by atoms with Gasteiger partial charge in [-0.25, -0.2) is 0 Å². The topological polar surface area (TPSA) is 58.2 Å². The molecule has 2 rings (SSSR count). The molecule has 4 nitrogen and oxygen atoms in total. The molecule has 23 heavy (non-hydrogen) atoms. The normalized spacial score (nSPS) is 10.9. The fourth-order valence-corrected chi connectivity index (χ4v) is 2.34. The number of rotatable bonds is 5. The number of carbonyl (C=O) groups is 2. The van der Waals surface area contributed by atoms with E-state index in [1.54, 1.807) is 24.3 Å². The molecule has 0 radical (unpaired) electrons. The van der Waals surface area contributed by atoms with Crippen molar-refractivity contribution in [1.29, 1.82) is 0 Å². The molecule has 0 aromatic heterocycles. The van der Waals surface area contributed by atoms with E-state index in [9.17, 15) is 9.59 Å². The number of nitrogens with one attached hydrogen (secondary N) is 2. The Balaban J connectivity index is 2.03. The van der Waals surface area contributed by atoms with Crippen LogP contribution in [0.4, 0.5) is 5.69 Å². The Morgan fingerprint density at radius 1 is 1.00 bits per heavy atom. The van der Waals surface area contributed by atoms with Crippen LogP contribution in [-0.2, 0) is 10.2 Å². The van der Waals surface area contributed by atoms with Gasteiger partial charge in [-0.05, 0) is 23.8 Å². The Hall–Kier alpha value is -2.62. The lowest BCUT2D eigenvalue weighted by molar-refractivity contribution is -0.114. The maximum atomic E-state index is 12.3. The lowest BCUT2D eigenvalue weighted by Gasteiger charge is -2.25. The summed E-state index contributed by atoms with van der Waals surface area (Å²) >= 11 is 0. The molecule has 0 aliphatic heterocycles. The Morgan fingerprint density at radius 3 is 2.35 bits per heavy atom. The van der Waals surface area contributed by atoms with Crippen molar-refractivity contribution in [3.8, 4) is 0 Å². The first-order valence-corrected chi connectivity index (χ1v) is 7.60. The van der Waals surface area contributed by atoms with E-state index in [4.69, 9.17) is 0 Å². The van der Waals surface area contributed by atoms with Crippen LogP contribution in [0.15, 0.2) is 54.6 Å². The van der Waals surface area contributed by atoms with E-state index in [0.29, 0.717) is 17.8 Å². The molecule has 0 bridgehead atoms. The molecule has 0 spiro atoms. The smallest absolute Gasteiger partial charge is 0.251 e. The van der Waals surface area contributed by atoms with Gasteiger partial charge in [0.1, 0.15) is 0 Å². The minimum Gasteiger partial charge on any atom is -0.351 e. The minimum absolute atomic E-state index is 0.152. The second kappa shape index (κ2) is 7.09. The number of hydrogen-bond acceptors (Lipinski definition) is 2. The van der Waals surface area contributed by atoms with E-state index in [1.165, 1.54) is 12.5 Å². The lowest BCUT2D eigenvalue weighted by atomic mass is 9.84. The molecule has 0 atom stereocenters. The average molecular weight is 310 g/mol. The molecular formula is C19H22N2O2. The highest BCUT2D eigenvalue weighted by Crippen LogP contribution is 2.22. The van der Waals surface area contributed by atoms with Crippen LogP contribution in [-0.4, -0.2) is 18.4 Å². The highest BCUT2D eigenvalue weighted by Gasteiger charge is 2.21. The molecule has 2 aromatic rings. The van der Waals surface area contributed by atoms with Crippen molar-refractivity contribution in [2.75, 3.05) is 11.9 Å². The van der Waals surface area contributed by atoms with Crippen molar-refractivity contribution in [2.24, 2.45) is 0 Å². The summed E-state index contributed by atoms with van der Waals surface area (Å²) in [6.45, 7) is 6.15. The van der Waals surface area contributed by atoms with Gasteiger partial charge < -0.3 is 10.6 Å². The van der Waals surface area contributed by atoms with E-state index in [0.717, 1.165) is 0 Å². The van der Waals surface area contributed by atoms with Crippen molar-refractivity contribution in [3.05, 3.63) is 65.7 Å². The third-order valence-electron chi connectivity index (χ3n) is 3.69. The second-order valence-electron chi connectivity index (χ2n) is 6.19. The molecule has 0 aliphatic carbocycles. The summed E-state index contributed by atoms with van der Waals surface area (Å²) in [5, 5.41) is 5.65. The number of hydrogen-bond donors (Lipinski definition) is 2. The van der Waals surface area contributed by atoms with Gasteiger partial charge in [0.25, 0.3) is 5.91 Å². The van der Waals surface area contributed by atoms with Gasteiger partial charge >= 0.3 is 0 Å². The van der Waals surface area contributed by atoms with Crippen LogP contribution < -0.4 is 10.6 Å². The van der Waals surface area contributed by atoms with E-state index in [-0.39, 0.29) is 17.2 Å². The van der Waals surface area contributed by atoms with Crippen molar-refractivity contribution in [3.63, 3.8) is 0 Å². The summed E-state index contributed by atoms with van der Waals surface area (Å²) in [5.41, 5.74) is 2.16. The van der Waals surface area contributed by atoms with Crippen LogP contribution in [0, 0.1) is 0 Å². The van der Waals surface area contributed by atoms with Crippen LogP contribution in [0.25, 0.3) is 0 Å². The first kappa shape index (κ1) is 16.7. The van der Waals surface area contributed by atoms with Crippen LogP contribution in [0.2, 0.25) is 0 Å². The highest BCUT2D eigenvalue weighted by atomic mass is 16.2. The SMILES string of the molecule is CC(=O)Nc1cccc(C(=O)NCC(C)(C)c2ccccc2)c1. The molecule has 0 saturated carbocycles. The van der Waals surface area contributed by atoms with Crippen LogP contribution in [0.5, 0.6) is 0 Å². The minimum atomic E-state index is -0.161. The average Bonchev–Trinajstić information content (AvgIpc) is 2.53. The monoisotopic (exact) mass is 310 g/mol. The van der Waals surface area contributed by atoms with Crippen LogP contribution in [0.3, 0.4) is 0 Å². The van der Waals surface area contributed by atoms with Crippen LogP contribution in [0.1, 0.15) is 36.7 Å². The molecule has 2 aromatic carbocycles. The molecule has 2 amide bonds. The van der Waals surface area contributed by atoms with Crippen molar-refractivity contribution < 1.29 is 9.59 Å². The van der Waals surface area contributed by atoms with Gasteiger partial charge in [0.2, 0.25) is 5.91 Å². The van der Waals surface area contributed by atoms with Crippen LogP contribution >= 0.6 is 0 Å². The Labute approximate surface area is 136 Å². The number of anilines is 1. The van der Waals surface area contributed by atoms with E-state index in [2.05, 4.69) is 36.6 Å². The largest absolute Gasteiger partial charge is 0.351 e. The zero-order chi connectivity index (χ0) is 16.9. The number of amides is 2. The second-order valence-corrected chi connectivity index (χ2v) is 6.19. The molecule has 0 saturated heterocycles. The molecule has 0 heterocycles. The van der Waals surface area contributed by atoms with E-state index in [1.807, 2.05) is 18.2 Å². The highest BCUT2D eigenvalue weighted by molar-refractivity contribution is 5.96. The molecule has 0 aliphatic rings. The van der Waals surface area contributed by atoms with Gasteiger partial charge in [-0.3, -0.25) is 9.59 Å². The predicted molar refractivity (Wildman–Crippen MR) is 92.5 cm³/mol. The zero-order valence-electron chi connectivity index (χ0n) is 13.7. The van der Waals surface area contributed by atoms with Gasteiger partial charge in [0.15, 0.2) is 0 Å². The number of carbonyl (C=O) groups excluding carboxylic acids is 2. The lowest BCUT2D eigenvalue weighted by Crippen LogP contribution is -2.36. The van der Waals surface area contributed by atoms with Crippen molar-refractivity contribution in [2.45, 2.75) is 26.2 Å². The van der Waals surface area contributed by atoms with Gasteiger partial charge in [0, 0.05) is 30.1 Å². The quantitative estimate of drug-likeness (QED) is 0.889. The molecule has 120 valence electrons. The summed E-state index contributed by atoms with van der Waals surface area (Å²) < 4.78 is 0. The third kappa shape index (κ3) is 4.68. The summed E-state index contributed by atoms with van der Waals surface area (Å²) in [4.78, 5) is 23.4.